The third-order valence-corrected chi connectivity index (χ3v) is 3.78. The highest BCUT2D eigenvalue weighted by molar-refractivity contribution is 6.31. The molecule has 0 saturated heterocycles. The Morgan fingerprint density at radius 3 is 2.33 bits per heavy atom. The van der Waals surface area contributed by atoms with Gasteiger partial charge in [0.2, 0.25) is 0 Å². The lowest BCUT2D eigenvalue weighted by Crippen LogP contribution is -1.95. The molecule has 1 N–H and O–H groups in total. The molecule has 1 rings (SSSR count). The molecule has 0 aliphatic carbocycles. The van der Waals surface area contributed by atoms with E-state index in [4.69, 9.17) is 11.6 Å². The quantitative estimate of drug-likeness (QED) is 0.616. The van der Waals surface area contributed by atoms with Crippen molar-refractivity contribution >= 4 is 11.6 Å². The van der Waals surface area contributed by atoms with Crippen molar-refractivity contribution in [2.24, 2.45) is 0 Å². The lowest BCUT2D eigenvalue weighted by atomic mass is 10.0. The highest BCUT2D eigenvalue weighted by Gasteiger charge is 2.05. The molecule has 0 fully saturated rings. The van der Waals surface area contributed by atoms with Crippen LogP contribution in [-0.4, -0.2) is 5.11 Å². The first-order chi connectivity index (χ1) is 8.79. The Bertz CT molecular complexity index is 336. The Kier molecular flexibility index (Phi) is 8.11. The molecule has 0 amide bonds. The van der Waals surface area contributed by atoms with Gasteiger partial charge in [-0.25, -0.2) is 0 Å². The first kappa shape index (κ1) is 15.5. The van der Waals surface area contributed by atoms with Gasteiger partial charge in [0.05, 0.1) is 6.61 Å². The SMILES string of the molecule is CCCCCCCCCc1cccc(Cl)c1CO. The molecule has 0 aromatic heterocycles. The molecule has 0 aliphatic rings. The highest BCUT2D eigenvalue weighted by atomic mass is 35.5. The number of halogens is 1. The second-order valence-corrected chi connectivity index (χ2v) is 5.31. The van der Waals surface area contributed by atoms with Crippen molar-refractivity contribution in [1.82, 2.24) is 0 Å². The van der Waals surface area contributed by atoms with Crippen molar-refractivity contribution < 1.29 is 5.11 Å². The molecule has 102 valence electrons. The first-order valence-electron chi connectivity index (χ1n) is 7.16. The van der Waals surface area contributed by atoms with E-state index in [2.05, 4.69) is 13.0 Å². The summed E-state index contributed by atoms with van der Waals surface area (Å²) in [6.45, 7) is 2.29. The van der Waals surface area contributed by atoms with Gasteiger partial charge in [0.1, 0.15) is 0 Å². The lowest BCUT2D eigenvalue weighted by molar-refractivity contribution is 0.280. The maximum atomic E-state index is 9.31. The molecule has 0 spiro atoms. The van der Waals surface area contributed by atoms with E-state index in [0.29, 0.717) is 5.02 Å². The van der Waals surface area contributed by atoms with Crippen molar-refractivity contribution in [2.75, 3.05) is 0 Å². The third-order valence-electron chi connectivity index (χ3n) is 3.42. The fraction of sp³-hybridized carbons (Fsp3) is 0.625. The summed E-state index contributed by atoms with van der Waals surface area (Å²) in [4.78, 5) is 0. The van der Waals surface area contributed by atoms with E-state index >= 15 is 0 Å². The topological polar surface area (TPSA) is 20.2 Å². The van der Waals surface area contributed by atoms with E-state index in [1.807, 2.05) is 12.1 Å². The van der Waals surface area contributed by atoms with E-state index in [1.165, 1.54) is 50.5 Å². The predicted molar refractivity (Wildman–Crippen MR) is 79.1 cm³/mol. The van der Waals surface area contributed by atoms with Gasteiger partial charge in [-0.05, 0) is 30.0 Å². The van der Waals surface area contributed by atoms with Crippen molar-refractivity contribution in [2.45, 2.75) is 64.9 Å². The normalized spacial score (nSPS) is 10.8. The van der Waals surface area contributed by atoms with E-state index < -0.39 is 0 Å². The molecule has 0 saturated carbocycles. The van der Waals surface area contributed by atoms with Crippen LogP contribution >= 0.6 is 11.6 Å². The summed E-state index contributed by atoms with van der Waals surface area (Å²) in [5.74, 6) is 0. The van der Waals surface area contributed by atoms with Crippen LogP contribution in [0.4, 0.5) is 0 Å². The van der Waals surface area contributed by atoms with Gasteiger partial charge in [0.15, 0.2) is 0 Å². The maximum absolute atomic E-state index is 9.31. The average molecular weight is 269 g/mol. The predicted octanol–water partition coefficient (Wildman–Crippen LogP) is 5.13. The van der Waals surface area contributed by atoms with Crippen molar-refractivity contribution in [3.8, 4) is 0 Å². The zero-order valence-corrected chi connectivity index (χ0v) is 12.2. The summed E-state index contributed by atoms with van der Waals surface area (Å²) in [5, 5.41) is 10.0. The molecule has 1 nitrogen and oxygen atoms in total. The third kappa shape index (κ3) is 5.41. The van der Waals surface area contributed by atoms with E-state index in [1.54, 1.807) is 0 Å². The van der Waals surface area contributed by atoms with Crippen molar-refractivity contribution in [1.29, 1.82) is 0 Å². The van der Waals surface area contributed by atoms with Gasteiger partial charge < -0.3 is 5.11 Å². The summed E-state index contributed by atoms with van der Waals surface area (Å²) < 4.78 is 0. The Morgan fingerprint density at radius 1 is 1.00 bits per heavy atom. The minimum absolute atomic E-state index is 0.0471. The summed E-state index contributed by atoms with van der Waals surface area (Å²) in [5.41, 5.74) is 2.11. The Morgan fingerprint density at radius 2 is 1.67 bits per heavy atom. The second kappa shape index (κ2) is 9.41. The molecule has 0 heterocycles. The zero-order chi connectivity index (χ0) is 13.2. The lowest BCUT2D eigenvalue weighted by Gasteiger charge is -2.09. The van der Waals surface area contributed by atoms with E-state index in [0.717, 1.165) is 12.0 Å². The van der Waals surface area contributed by atoms with Crippen molar-refractivity contribution in [3.05, 3.63) is 34.3 Å². The highest BCUT2D eigenvalue weighted by Crippen LogP contribution is 2.22. The fourth-order valence-corrected chi connectivity index (χ4v) is 2.54. The molecule has 0 unspecified atom stereocenters. The Balaban J connectivity index is 2.25. The van der Waals surface area contributed by atoms with Gasteiger partial charge in [-0.15, -0.1) is 0 Å². The molecule has 2 heteroatoms. The van der Waals surface area contributed by atoms with Gasteiger partial charge in [0, 0.05) is 5.02 Å². The Labute approximate surface area is 116 Å². The number of rotatable bonds is 9. The molecule has 0 atom stereocenters. The van der Waals surface area contributed by atoms with Crippen LogP contribution in [-0.2, 0) is 13.0 Å². The number of aliphatic hydroxyl groups excluding tert-OH is 1. The summed E-state index contributed by atoms with van der Waals surface area (Å²) in [6, 6.07) is 5.90. The monoisotopic (exact) mass is 268 g/mol. The molecule has 0 bridgehead atoms. The number of aliphatic hydroxyl groups is 1. The minimum Gasteiger partial charge on any atom is -0.392 e. The first-order valence-corrected chi connectivity index (χ1v) is 7.54. The van der Waals surface area contributed by atoms with Crippen LogP contribution in [0.25, 0.3) is 0 Å². The number of hydrogen-bond donors (Lipinski definition) is 1. The number of aryl methyl sites for hydroxylation is 1. The molecule has 18 heavy (non-hydrogen) atoms. The second-order valence-electron chi connectivity index (χ2n) is 4.91. The van der Waals surface area contributed by atoms with Crippen LogP contribution in [0.5, 0.6) is 0 Å². The number of benzene rings is 1. The Hall–Kier alpha value is -0.530. The van der Waals surface area contributed by atoms with Crippen LogP contribution in [0.1, 0.15) is 63.0 Å². The zero-order valence-electron chi connectivity index (χ0n) is 11.4. The molecule has 0 radical (unpaired) electrons. The van der Waals surface area contributed by atoms with Crippen molar-refractivity contribution in [3.63, 3.8) is 0 Å². The van der Waals surface area contributed by atoms with E-state index in [9.17, 15) is 5.11 Å². The molecular weight excluding hydrogens is 244 g/mol. The molecular formula is C16H25ClO. The number of unbranched alkanes of at least 4 members (excludes halogenated alkanes) is 6. The maximum Gasteiger partial charge on any atom is 0.0699 e. The number of hydrogen-bond acceptors (Lipinski definition) is 1. The van der Waals surface area contributed by atoms with Gasteiger partial charge in [0.25, 0.3) is 0 Å². The van der Waals surface area contributed by atoms with Crippen LogP contribution < -0.4 is 0 Å². The smallest absolute Gasteiger partial charge is 0.0699 e. The summed E-state index contributed by atoms with van der Waals surface area (Å²) in [6.07, 6.45) is 10.2. The largest absolute Gasteiger partial charge is 0.392 e. The van der Waals surface area contributed by atoms with Gasteiger partial charge >= 0.3 is 0 Å². The van der Waals surface area contributed by atoms with Crippen LogP contribution in [0.3, 0.4) is 0 Å². The van der Waals surface area contributed by atoms with Crippen LogP contribution in [0.15, 0.2) is 18.2 Å². The van der Waals surface area contributed by atoms with Gasteiger partial charge in [-0.2, -0.15) is 0 Å². The van der Waals surface area contributed by atoms with Gasteiger partial charge in [-0.3, -0.25) is 0 Å². The molecule has 0 aliphatic heterocycles. The minimum atomic E-state index is 0.0471. The van der Waals surface area contributed by atoms with E-state index in [-0.39, 0.29) is 6.61 Å². The average Bonchev–Trinajstić information content (AvgIpc) is 2.38. The van der Waals surface area contributed by atoms with Gasteiger partial charge in [-0.1, -0.05) is 69.2 Å². The standard InChI is InChI=1S/C16H25ClO/c1-2-3-4-5-6-7-8-10-14-11-9-12-16(17)15(14)13-18/h9,11-12,18H,2-8,10,13H2,1H3. The summed E-state index contributed by atoms with van der Waals surface area (Å²) in [7, 11) is 0. The molecule has 1 aromatic rings. The summed E-state index contributed by atoms with van der Waals surface area (Å²) >= 11 is 6.07. The van der Waals surface area contributed by atoms with Crippen LogP contribution in [0, 0.1) is 0 Å². The molecule has 1 aromatic carbocycles. The fourth-order valence-electron chi connectivity index (χ4n) is 2.29. The van der Waals surface area contributed by atoms with Crippen LogP contribution in [0.2, 0.25) is 5.02 Å².